The van der Waals surface area contributed by atoms with Crippen LogP contribution in [0.2, 0.25) is 0 Å². The molecule has 1 aromatic carbocycles. The summed E-state index contributed by atoms with van der Waals surface area (Å²) in [6.07, 6.45) is 3.74. The fraction of sp³-hybridized carbons (Fsp3) is 0.455. The molecule has 3 aliphatic rings. The molecule has 5 heteroatoms. The predicted octanol–water partition coefficient (Wildman–Crippen LogP) is 1.75. The number of rotatable bonds is 3. The van der Waals surface area contributed by atoms with E-state index in [1.807, 2.05) is 17.0 Å². The molecular formula is C22H24N4O. The van der Waals surface area contributed by atoms with E-state index in [2.05, 4.69) is 34.5 Å². The van der Waals surface area contributed by atoms with Crippen LogP contribution in [0.5, 0.6) is 0 Å². The average Bonchev–Trinajstić information content (AvgIpc) is 2.96. The second-order valence-electron chi connectivity index (χ2n) is 7.79. The van der Waals surface area contributed by atoms with Crippen molar-refractivity contribution < 1.29 is 4.79 Å². The Kier molecular flexibility index (Phi) is 4.21. The van der Waals surface area contributed by atoms with Gasteiger partial charge in [0, 0.05) is 55.9 Å². The van der Waals surface area contributed by atoms with Gasteiger partial charge in [-0.15, -0.1) is 0 Å². The summed E-state index contributed by atoms with van der Waals surface area (Å²) in [5.41, 5.74) is 3.24. The highest BCUT2D eigenvalue weighted by molar-refractivity contribution is 5.78. The summed E-state index contributed by atoms with van der Waals surface area (Å²) in [6.45, 7) is 3.52. The van der Waals surface area contributed by atoms with E-state index in [1.54, 1.807) is 6.07 Å². The summed E-state index contributed by atoms with van der Waals surface area (Å²) in [5, 5.41) is 3.53. The maximum Gasteiger partial charge on any atom is 0.227 e. The molecule has 1 aromatic heterocycles. The van der Waals surface area contributed by atoms with Crippen LogP contribution >= 0.6 is 0 Å². The lowest BCUT2D eigenvalue weighted by atomic mass is 10.0. The number of piperazine rings is 1. The molecule has 5 rings (SSSR count). The molecule has 2 atom stereocenters. The molecular weight excluding hydrogens is 336 g/mol. The highest BCUT2D eigenvalue weighted by Crippen LogP contribution is 2.32. The first kappa shape index (κ1) is 16.6. The molecule has 27 heavy (non-hydrogen) atoms. The zero-order chi connectivity index (χ0) is 18.2. The van der Waals surface area contributed by atoms with E-state index in [9.17, 15) is 4.79 Å². The van der Waals surface area contributed by atoms with Gasteiger partial charge in [-0.25, -0.2) is 4.98 Å². The highest BCUT2D eigenvalue weighted by atomic mass is 16.2. The first-order chi connectivity index (χ1) is 13.3. The number of aromatic nitrogens is 1. The lowest BCUT2D eigenvalue weighted by molar-refractivity contribution is -0.131. The largest absolute Gasteiger partial charge is 0.348 e. The topological polar surface area (TPSA) is 48.5 Å². The van der Waals surface area contributed by atoms with Crippen LogP contribution in [0.25, 0.3) is 0 Å². The number of amides is 1. The summed E-state index contributed by atoms with van der Waals surface area (Å²) in [6, 6.07) is 17.1. The van der Waals surface area contributed by atoms with E-state index < -0.39 is 0 Å². The molecule has 2 fully saturated rings. The molecule has 5 nitrogen and oxygen atoms in total. The predicted molar refractivity (Wildman–Crippen MR) is 103 cm³/mol. The lowest BCUT2D eigenvalue weighted by Gasteiger charge is -2.37. The van der Waals surface area contributed by atoms with Gasteiger partial charge in [-0.3, -0.25) is 4.79 Å². The minimum Gasteiger partial charge on any atom is -0.348 e. The van der Waals surface area contributed by atoms with Crippen LogP contribution in [0.3, 0.4) is 0 Å². The molecule has 0 saturated carbocycles. The Morgan fingerprint density at radius 2 is 2.07 bits per heavy atom. The van der Waals surface area contributed by atoms with Gasteiger partial charge in [0.05, 0.1) is 6.42 Å². The second kappa shape index (κ2) is 6.86. The van der Waals surface area contributed by atoms with Crippen molar-refractivity contribution in [3.63, 3.8) is 0 Å². The van der Waals surface area contributed by atoms with Gasteiger partial charge < -0.3 is 15.1 Å². The number of hydrogen-bond donors (Lipinski definition) is 1. The van der Waals surface area contributed by atoms with Crippen molar-refractivity contribution in [2.75, 3.05) is 24.5 Å². The Morgan fingerprint density at radius 3 is 2.85 bits per heavy atom. The first-order valence-electron chi connectivity index (χ1n) is 9.91. The van der Waals surface area contributed by atoms with Crippen molar-refractivity contribution >= 4 is 11.7 Å². The van der Waals surface area contributed by atoms with Gasteiger partial charge in [-0.1, -0.05) is 24.3 Å². The van der Waals surface area contributed by atoms with Crippen LogP contribution in [0.1, 0.15) is 29.7 Å². The lowest BCUT2D eigenvalue weighted by Crippen LogP contribution is -2.52. The van der Waals surface area contributed by atoms with Crippen LogP contribution in [0.15, 0.2) is 30.3 Å². The van der Waals surface area contributed by atoms with Crippen LogP contribution in [-0.2, 0) is 24.2 Å². The Balaban J connectivity index is 1.30. The third-order valence-electron chi connectivity index (χ3n) is 6.08. The van der Waals surface area contributed by atoms with Crippen LogP contribution in [-0.4, -0.2) is 47.5 Å². The molecule has 2 saturated heterocycles. The van der Waals surface area contributed by atoms with Gasteiger partial charge in [0.15, 0.2) is 0 Å². The van der Waals surface area contributed by atoms with Crippen LogP contribution in [0.4, 0.5) is 5.82 Å². The molecule has 3 aliphatic heterocycles. The van der Waals surface area contributed by atoms with Gasteiger partial charge in [0.2, 0.25) is 5.91 Å². The molecule has 138 valence electrons. The quantitative estimate of drug-likeness (QED) is 0.906. The van der Waals surface area contributed by atoms with Gasteiger partial charge in [0.1, 0.15) is 5.82 Å². The second-order valence-corrected chi connectivity index (χ2v) is 7.79. The number of fused-ring (bicyclic) bond motifs is 3. The van der Waals surface area contributed by atoms with Crippen molar-refractivity contribution in [2.24, 2.45) is 0 Å². The Hall–Kier alpha value is -2.58. The fourth-order valence-electron chi connectivity index (χ4n) is 4.68. The number of nitrogens with zero attached hydrogens (tertiary/aromatic N) is 3. The van der Waals surface area contributed by atoms with E-state index in [4.69, 9.17) is 4.98 Å². The molecule has 1 amide bonds. The normalized spacial score (nSPS) is 23.7. The summed E-state index contributed by atoms with van der Waals surface area (Å²) in [7, 11) is 0. The van der Waals surface area contributed by atoms with E-state index in [0.29, 0.717) is 25.0 Å². The maximum absolute atomic E-state index is 12.6. The Morgan fingerprint density at radius 1 is 1.22 bits per heavy atom. The summed E-state index contributed by atoms with van der Waals surface area (Å²) in [4.78, 5) is 22.1. The molecule has 4 heterocycles. The van der Waals surface area contributed by atoms with Crippen LogP contribution in [0, 0.1) is 12.1 Å². The maximum atomic E-state index is 12.6. The fourth-order valence-corrected chi connectivity index (χ4v) is 4.68. The molecule has 2 unspecified atom stereocenters. The number of carbonyl (C=O) groups is 1. The number of hydrogen-bond acceptors (Lipinski definition) is 4. The zero-order valence-electron chi connectivity index (χ0n) is 15.4. The minimum atomic E-state index is 0.153. The molecule has 2 aromatic rings. The average molecular weight is 360 g/mol. The SMILES string of the molecule is O=C(Cc1c#cccc1)N1CCc2nc(N3C4CCC3CNC4)ccc2C1. The van der Waals surface area contributed by atoms with E-state index in [-0.39, 0.29) is 5.91 Å². The van der Waals surface area contributed by atoms with E-state index in [0.717, 1.165) is 43.1 Å². The Labute approximate surface area is 160 Å². The summed E-state index contributed by atoms with van der Waals surface area (Å²) < 4.78 is 0. The van der Waals surface area contributed by atoms with Crippen LogP contribution < -0.4 is 10.2 Å². The van der Waals surface area contributed by atoms with E-state index in [1.165, 1.54) is 18.4 Å². The number of pyridine rings is 1. The number of nitrogens with one attached hydrogen (secondary N) is 1. The van der Waals surface area contributed by atoms with Gasteiger partial charge in [-0.2, -0.15) is 0 Å². The van der Waals surface area contributed by atoms with Crippen molar-refractivity contribution in [1.82, 2.24) is 15.2 Å². The van der Waals surface area contributed by atoms with Gasteiger partial charge in [-0.05, 0) is 36.6 Å². The third-order valence-corrected chi connectivity index (χ3v) is 6.08. The summed E-state index contributed by atoms with van der Waals surface area (Å²) >= 11 is 0. The molecule has 0 spiro atoms. The number of carbonyl (C=O) groups excluding carboxylic acids is 1. The van der Waals surface area contributed by atoms with Crippen molar-refractivity contribution in [1.29, 1.82) is 0 Å². The van der Waals surface area contributed by atoms with Crippen molar-refractivity contribution in [3.05, 3.63) is 59.3 Å². The van der Waals surface area contributed by atoms with Crippen molar-refractivity contribution in [3.8, 4) is 0 Å². The first-order valence-corrected chi connectivity index (χ1v) is 9.91. The standard InChI is InChI=1S/C22H24N4O/c27-22(12-16-4-2-1-3-5-16)25-11-10-20-17(15-25)6-9-21(24-20)26-18-7-8-19(26)14-23-13-18/h1-2,4,6,9,18-19,23H,7-8,10-15H2. The molecule has 2 bridgehead atoms. The smallest absolute Gasteiger partial charge is 0.227 e. The van der Waals surface area contributed by atoms with Gasteiger partial charge >= 0.3 is 0 Å². The summed E-state index contributed by atoms with van der Waals surface area (Å²) in [5.74, 6) is 1.28. The zero-order valence-corrected chi connectivity index (χ0v) is 15.4. The molecule has 0 radical (unpaired) electrons. The monoisotopic (exact) mass is 360 g/mol. The number of anilines is 1. The Bertz CT molecular complexity index is 821. The highest BCUT2D eigenvalue weighted by Gasteiger charge is 2.37. The van der Waals surface area contributed by atoms with Crippen molar-refractivity contribution in [2.45, 2.75) is 44.3 Å². The van der Waals surface area contributed by atoms with E-state index >= 15 is 0 Å². The molecule has 0 aliphatic carbocycles. The van der Waals surface area contributed by atoms with Gasteiger partial charge in [0.25, 0.3) is 0 Å². The molecule has 1 N–H and O–H groups in total. The third kappa shape index (κ3) is 3.15. The minimum absolute atomic E-state index is 0.153.